The number of nitrogens with zero attached hydrogens (tertiary/aromatic N) is 1. The fourth-order valence-corrected chi connectivity index (χ4v) is 1.09. The van der Waals surface area contributed by atoms with Crippen molar-refractivity contribution >= 4 is 12.3 Å². The lowest BCUT2D eigenvalue weighted by Gasteiger charge is -2.36. The monoisotopic (exact) mass is 155 g/mol. The first-order valence-corrected chi connectivity index (χ1v) is 3.63. The topological polar surface area (TPSA) is 49.4 Å². The van der Waals surface area contributed by atoms with Gasteiger partial charge in [-0.25, -0.2) is 0 Å². The minimum Gasteiger partial charge on any atom is -0.359 e. The van der Waals surface area contributed by atoms with Crippen molar-refractivity contribution in [3.8, 4) is 0 Å². The number of rotatable bonds is 3. The SMILES string of the molecule is CNC(=O)CC1CCN1[C]=O. The molecule has 1 unspecified atom stereocenters. The van der Waals surface area contributed by atoms with E-state index in [0.717, 1.165) is 13.0 Å². The standard InChI is InChI=1S/C7H11N2O2/c1-8-7(11)4-6-2-3-9(6)5-10/h6H,2-4H2,1H3,(H,8,11). The van der Waals surface area contributed by atoms with Crippen LogP contribution in [0.25, 0.3) is 0 Å². The molecule has 1 fully saturated rings. The molecule has 1 aliphatic rings. The van der Waals surface area contributed by atoms with Gasteiger partial charge in [0, 0.05) is 26.1 Å². The highest BCUT2D eigenvalue weighted by atomic mass is 16.2. The van der Waals surface area contributed by atoms with Crippen molar-refractivity contribution in [1.82, 2.24) is 10.2 Å². The Morgan fingerprint density at radius 3 is 2.91 bits per heavy atom. The average molecular weight is 155 g/mol. The lowest BCUT2D eigenvalue weighted by atomic mass is 10.0. The summed E-state index contributed by atoms with van der Waals surface area (Å²) in [4.78, 5) is 22.5. The Morgan fingerprint density at radius 2 is 2.55 bits per heavy atom. The minimum absolute atomic E-state index is 0.0186. The predicted molar refractivity (Wildman–Crippen MR) is 39.5 cm³/mol. The maximum Gasteiger partial charge on any atom is 0.312 e. The molecule has 0 aromatic rings. The van der Waals surface area contributed by atoms with Crippen LogP contribution in [0.5, 0.6) is 0 Å². The summed E-state index contributed by atoms with van der Waals surface area (Å²) < 4.78 is 0. The Balaban J connectivity index is 2.27. The summed E-state index contributed by atoms with van der Waals surface area (Å²) in [6, 6.07) is 0.0902. The zero-order chi connectivity index (χ0) is 8.27. The molecule has 1 N–H and O–H groups in total. The van der Waals surface area contributed by atoms with Crippen LogP contribution in [-0.2, 0) is 9.59 Å². The van der Waals surface area contributed by atoms with Crippen LogP contribution in [0.2, 0.25) is 0 Å². The van der Waals surface area contributed by atoms with Crippen LogP contribution in [0.1, 0.15) is 12.8 Å². The summed E-state index contributed by atoms with van der Waals surface area (Å²) in [5, 5.41) is 2.51. The van der Waals surface area contributed by atoms with E-state index in [9.17, 15) is 9.59 Å². The van der Waals surface area contributed by atoms with Gasteiger partial charge in [0.05, 0.1) is 0 Å². The van der Waals surface area contributed by atoms with Gasteiger partial charge in [0.25, 0.3) is 0 Å². The molecule has 4 heteroatoms. The maximum atomic E-state index is 10.8. The fourth-order valence-electron chi connectivity index (χ4n) is 1.09. The van der Waals surface area contributed by atoms with Crippen molar-refractivity contribution in [2.45, 2.75) is 18.9 Å². The highest BCUT2D eigenvalue weighted by molar-refractivity contribution is 5.76. The maximum absolute atomic E-state index is 10.8. The second-order valence-corrected chi connectivity index (χ2v) is 2.60. The summed E-state index contributed by atoms with van der Waals surface area (Å²) in [7, 11) is 1.59. The Hall–Kier alpha value is -1.06. The molecule has 1 saturated heterocycles. The van der Waals surface area contributed by atoms with E-state index in [1.807, 2.05) is 0 Å². The van der Waals surface area contributed by atoms with E-state index in [4.69, 9.17) is 0 Å². The van der Waals surface area contributed by atoms with Gasteiger partial charge in [-0.3, -0.25) is 9.59 Å². The fraction of sp³-hybridized carbons (Fsp3) is 0.714. The van der Waals surface area contributed by atoms with Gasteiger partial charge in [-0.2, -0.15) is 0 Å². The van der Waals surface area contributed by atoms with Crippen molar-refractivity contribution in [3.05, 3.63) is 0 Å². The van der Waals surface area contributed by atoms with Crippen molar-refractivity contribution in [3.63, 3.8) is 0 Å². The second-order valence-electron chi connectivity index (χ2n) is 2.60. The van der Waals surface area contributed by atoms with Crippen molar-refractivity contribution < 1.29 is 9.59 Å². The smallest absolute Gasteiger partial charge is 0.312 e. The van der Waals surface area contributed by atoms with Crippen LogP contribution in [0.3, 0.4) is 0 Å². The summed E-state index contributed by atoms with van der Waals surface area (Å²) >= 11 is 0. The summed E-state index contributed by atoms with van der Waals surface area (Å²) in [6.45, 7) is 0.741. The van der Waals surface area contributed by atoms with E-state index < -0.39 is 0 Å². The molecule has 1 atom stereocenters. The minimum atomic E-state index is -0.0186. The molecule has 11 heavy (non-hydrogen) atoms. The molecule has 2 amide bonds. The summed E-state index contributed by atoms with van der Waals surface area (Å²) in [5.41, 5.74) is 0. The largest absolute Gasteiger partial charge is 0.359 e. The van der Waals surface area contributed by atoms with Gasteiger partial charge in [-0.1, -0.05) is 0 Å². The van der Waals surface area contributed by atoms with E-state index in [2.05, 4.69) is 5.32 Å². The van der Waals surface area contributed by atoms with E-state index >= 15 is 0 Å². The lowest BCUT2D eigenvalue weighted by Crippen LogP contribution is -2.48. The first-order chi connectivity index (χ1) is 5.27. The molecule has 1 rings (SSSR count). The van der Waals surface area contributed by atoms with Crippen LogP contribution in [-0.4, -0.2) is 36.9 Å². The zero-order valence-electron chi connectivity index (χ0n) is 6.46. The third-order valence-corrected chi connectivity index (χ3v) is 1.96. The Bertz CT molecular complexity index is 170. The quantitative estimate of drug-likeness (QED) is 0.583. The van der Waals surface area contributed by atoms with Gasteiger partial charge in [0.15, 0.2) is 0 Å². The predicted octanol–water partition coefficient (Wildman–Crippen LogP) is -0.736. The van der Waals surface area contributed by atoms with E-state index in [1.54, 1.807) is 13.5 Å². The molecule has 0 aromatic heterocycles. The molecule has 0 saturated carbocycles. The van der Waals surface area contributed by atoms with Crippen LogP contribution in [0.4, 0.5) is 0 Å². The molecule has 4 nitrogen and oxygen atoms in total. The number of hydrogen-bond acceptors (Lipinski definition) is 2. The number of carbonyl (C=O) groups excluding carboxylic acids is 2. The van der Waals surface area contributed by atoms with E-state index in [-0.39, 0.29) is 11.9 Å². The number of hydrogen-bond donors (Lipinski definition) is 1. The van der Waals surface area contributed by atoms with E-state index in [0.29, 0.717) is 6.42 Å². The number of nitrogens with one attached hydrogen (secondary N) is 1. The van der Waals surface area contributed by atoms with Crippen molar-refractivity contribution in [1.29, 1.82) is 0 Å². The molecule has 61 valence electrons. The van der Waals surface area contributed by atoms with Crippen molar-refractivity contribution in [2.75, 3.05) is 13.6 Å². The van der Waals surface area contributed by atoms with Crippen LogP contribution < -0.4 is 5.32 Å². The molecule has 1 radical (unpaired) electrons. The summed E-state index contributed by atoms with van der Waals surface area (Å²) in [6.07, 6.45) is 3.11. The van der Waals surface area contributed by atoms with Gasteiger partial charge in [0.1, 0.15) is 0 Å². The molecule has 0 spiro atoms. The molecule has 0 bridgehead atoms. The average Bonchev–Trinajstić information content (AvgIpc) is 1.98. The van der Waals surface area contributed by atoms with Gasteiger partial charge in [-0.15, -0.1) is 0 Å². The number of amides is 2. The van der Waals surface area contributed by atoms with Crippen molar-refractivity contribution in [2.24, 2.45) is 0 Å². The highest BCUT2D eigenvalue weighted by Crippen LogP contribution is 2.17. The van der Waals surface area contributed by atoms with E-state index in [1.165, 1.54) is 4.90 Å². The molecule has 0 aromatic carbocycles. The Labute approximate surface area is 65.6 Å². The Kier molecular flexibility index (Phi) is 2.46. The zero-order valence-corrected chi connectivity index (χ0v) is 6.46. The third-order valence-electron chi connectivity index (χ3n) is 1.96. The van der Waals surface area contributed by atoms with Gasteiger partial charge in [0.2, 0.25) is 5.91 Å². The second kappa shape index (κ2) is 3.37. The summed E-state index contributed by atoms with van der Waals surface area (Å²) in [5.74, 6) is -0.0186. The Morgan fingerprint density at radius 1 is 1.82 bits per heavy atom. The lowest BCUT2D eigenvalue weighted by molar-refractivity contribution is -0.122. The first kappa shape index (κ1) is 8.04. The molecule has 1 heterocycles. The first-order valence-electron chi connectivity index (χ1n) is 3.63. The van der Waals surface area contributed by atoms with Crippen LogP contribution in [0.15, 0.2) is 0 Å². The molecular weight excluding hydrogens is 144 g/mol. The molecule has 0 aliphatic carbocycles. The van der Waals surface area contributed by atoms with Crippen LogP contribution in [0, 0.1) is 0 Å². The van der Waals surface area contributed by atoms with Gasteiger partial charge < -0.3 is 10.2 Å². The normalized spacial score (nSPS) is 22.3. The third kappa shape index (κ3) is 1.69. The highest BCUT2D eigenvalue weighted by Gasteiger charge is 2.28. The number of carbonyl (C=O) groups is 1. The molecule has 1 aliphatic heterocycles. The van der Waals surface area contributed by atoms with Crippen LogP contribution >= 0.6 is 0 Å². The van der Waals surface area contributed by atoms with Gasteiger partial charge >= 0.3 is 6.41 Å². The molecular formula is C7H11N2O2. The number of likely N-dealkylation sites (tertiary alicyclic amines) is 1. The van der Waals surface area contributed by atoms with Gasteiger partial charge in [-0.05, 0) is 6.42 Å².